The zero-order chi connectivity index (χ0) is 36.6. The smallest absolute Gasteiger partial charge is 0.331 e. The van der Waals surface area contributed by atoms with Crippen molar-refractivity contribution in [3.8, 4) is 5.75 Å². The lowest BCUT2D eigenvalue weighted by atomic mass is 9.44. The molecule has 3 fully saturated rings. The standard InChI is InChI=1S/C46H64N2O3/c1-30(2)10-8-9-11-31(3)37-20-21-38-36-19-22-41-44(4,5)42(25-27-46(41,7)39(36)24-26-45(37,38)6)51-43(49)23-14-32-12-17-35(18-13-32)50-29-33-15-16-34(47)28-40(33)48/h10,12-18,22-23,28,31,36-39,42H,8-9,11,19-21,24-27,29,47-48H2,1-7H3/b23-14+. The molecule has 276 valence electrons. The summed E-state index contributed by atoms with van der Waals surface area (Å²) in [5.41, 5.74) is 18.4. The van der Waals surface area contributed by atoms with Gasteiger partial charge in [-0.05, 0) is 148 Å². The number of carbonyl (C=O) groups is 1. The highest BCUT2D eigenvalue weighted by atomic mass is 16.5. The third-order valence-corrected chi connectivity index (χ3v) is 14.2. The van der Waals surface area contributed by atoms with Crippen LogP contribution in [0, 0.1) is 45.8 Å². The zero-order valence-electron chi connectivity index (χ0n) is 32.5. The number of allylic oxidation sites excluding steroid dienone is 3. The fraction of sp³-hybridized carbons (Fsp3) is 0.587. The minimum Gasteiger partial charge on any atom is -0.489 e. The van der Waals surface area contributed by atoms with Crippen molar-refractivity contribution in [2.24, 2.45) is 45.8 Å². The van der Waals surface area contributed by atoms with Gasteiger partial charge in [0.2, 0.25) is 0 Å². The summed E-state index contributed by atoms with van der Waals surface area (Å²) in [5, 5.41) is 0. The summed E-state index contributed by atoms with van der Waals surface area (Å²) in [6, 6.07) is 13.1. The fourth-order valence-corrected chi connectivity index (χ4v) is 11.5. The summed E-state index contributed by atoms with van der Waals surface area (Å²) < 4.78 is 12.2. The second kappa shape index (κ2) is 14.9. The number of carbonyl (C=O) groups excluding carboxylic acids is 1. The maximum absolute atomic E-state index is 13.2. The lowest BCUT2D eigenvalue weighted by Crippen LogP contribution is -2.55. The molecule has 0 spiro atoms. The molecule has 4 N–H and O–H groups in total. The number of unbranched alkanes of at least 4 members (excludes halogenated alkanes) is 1. The average molecular weight is 693 g/mol. The number of hydrogen-bond acceptors (Lipinski definition) is 5. The first-order valence-corrected chi connectivity index (χ1v) is 19.8. The van der Waals surface area contributed by atoms with Crippen LogP contribution in [-0.4, -0.2) is 12.1 Å². The molecule has 2 aromatic carbocycles. The summed E-state index contributed by atoms with van der Waals surface area (Å²) >= 11 is 0. The molecule has 0 bridgehead atoms. The fourth-order valence-electron chi connectivity index (χ4n) is 11.5. The van der Waals surface area contributed by atoms with E-state index in [2.05, 4.69) is 60.6 Å². The molecule has 8 atom stereocenters. The van der Waals surface area contributed by atoms with Gasteiger partial charge in [-0.3, -0.25) is 0 Å². The predicted molar refractivity (Wildman–Crippen MR) is 212 cm³/mol. The van der Waals surface area contributed by atoms with Gasteiger partial charge in [0.1, 0.15) is 18.5 Å². The van der Waals surface area contributed by atoms with Gasteiger partial charge in [0.05, 0.1) is 0 Å². The Balaban J connectivity index is 1.06. The molecule has 4 aliphatic rings. The quantitative estimate of drug-likeness (QED) is 0.0804. The van der Waals surface area contributed by atoms with E-state index >= 15 is 0 Å². The van der Waals surface area contributed by atoms with E-state index in [0.29, 0.717) is 23.4 Å². The van der Waals surface area contributed by atoms with Gasteiger partial charge in [0.25, 0.3) is 0 Å². The number of hydrogen-bond donors (Lipinski definition) is 2. The third-order valence-electron chi connectivity index (χ3n) is 14.2. The van der Waals surface area contributed by atoms with Crippen LogP contribution in [0.1, 0.15) is 124 Å². The van der Waals surface area contributed by atoms with E-state index in [1.54, 1.807) is 17.7 Å². The Morgan fingerprint density at radius 2 is 1.73 bits per heavy atom. The van der Waals surface area contributed by atoms with Crippen LogP contribution in [0.2, 0.25) is 0 Å². The third kappa shape index (κ3) is 7.55. The minimum atomic E-state index is -0.273. The Morgan fingerprint density at radius 1 is 0.961 bits per heavy atom. The number of anilines is 2. The highest BCUT2D eigenvalue weighted by Gasteiger charge is 2.61. The summed E-state index contributed by atoms with van der Waals surface area (Å²) in [5.74, 6) is 4.48. The van der Waals surface area contributed by atoms with Gasteiger partial charge in [-0.2, -0.15) is 0 Å². The van der Waals surface area contributed by atoms with Crippen LogP contribution < -0.4 is 16.2 Å². The van der Waals surface area contributed by atoms with Crippen LogP contribution in [0.15, 0.2) is 71.8 Å². The van der Waals surface area contributed by atoms with Crippen molar-refractivity contribution >= 4 is 23.4 Å². The van der Waals surface area contributed by atoms with E-state index in [4.69, 9.17) is 20.9 Å². The van der Waals surface area contributed by atoms with E-state index in [1.807, 2.05) is 42.5 Å². The van der Waals surface area contributed by atoms with Crippen LogP contribution in [-0.2, 0) is 16.1 Å². The van der Waals surface area contributed by atoms with E-state index in [1.165, 1.54) is 56.9 Å². The summed E-state index contributed by atoms with van der Waals surface area (Å²) in [6.07, 6.45) is 21.0. The Labute approximate surface area is 308 Å². The molecule has 6 rings (SSSR count). The molecular weight excluding hydrogens is 629 g/mol. The Hall–Kier alpha value is -3.47. The topological polar surface area (TPSA) is 87.6 Å². The van der Waals surface area contributed by atoms with Crippen LogP contribution in [0.5, 0.6) is 5.75 Å². The van der Waals surface area contributed by atoms with E-state index in [0.717, 1.165) is 59.3 Å². The Morgan fingerprint density at radius 3 is 2.45 bits per heavy atom. The van der Waals surface area contributed by atoms with E-state index in [-0.39, 0.29) is 22.9 Å². The molecule has 2 aromatic rings. The molecule has 3 saturated carbocycles. The van der Waals surface area contributed by atoms with Crippen LogP contribution in [0.4, 0.5) is 11.4 Å². The Bertz CT molecular complexity index is 1650. The van der Waals surface area contributed by atoms with Crippen molar-refractivity contribution in [3.63, 3.8) is 0 Å². The molecule has 0 heterocycles. The predicted octanol–water partition coefficient (Wildman–Crippen LogP) is 11.3. The van der Waals surface area contributed by atoms with Crippen molar-refractivity contribution in [1.82, 2.24) is 0 Å². The molecule has 4 aliphatic carbocycles. The molecule has 0 aromatic heterocycles. The van der Waals surface area contributed by atoms with Crippen molar-refractivity contribution in [2.45, 2.75) is 125 Å². The molecule has 0 radical (unpaired) electrons. The second-order valence-corrected chi connectivity index (χ2v) is 17.9. The normalized spacial score (nSPS) is 31.5. The monoisotopic (exact) mass is 692 g/mol. The van der Waals surface area contributed by atoms with Gasteiger partial charge in [0, 0.05) is 28.4 Å². The van der Waals surface area contributed by atoms with Crippen molar-refractivity contribution in [2.75, 3.05) is 11.5 Å². The molecule has 5 nitrogen and oxygen atoms in total. The van der Waals surface area contributed by atoms with Gasteiger partial charge in [-0.25, -0.2) is 4.79 Å². The number of ether oxygens (including phenoxy) is 2. The average Bonchev–Trinajstić information content (AvgIpc) is 3.44. The zero-order valence-corrected chi connectivity index (χ0v) is 32.5. The van der Waals surface area contributed by atoms with Crippen LogP contribution in [0.3, 0.4) is 0 Å². The number of fused-ring (bicyclic) bond motifs is 5. The van der Waals surface area contributed by atoms with Crippen molar-refractivity contribution in [3.05, 3.63) is 83.0 Å². The Kier molecular flexibility index (Phi) is 10.9. The van der Waals surface area contributed by atoms with Crippen molar-refractivity contribution in [1.29, 1.82) is 0 Å². The number of nitrogen functional groups attached to an aromatic ring is 2. The van der Waals surface area contributed by atoms with Gasteiger partial charge >= 0.3 is 5.97 Å². The number of benzene rings is 2. The molecule has 51 heavy (non-hydrogen) atoms. The number of nitrogens with two attached hydrogens (primary N) is 2. The van der Waals surface area contributed by atoms with Crippen LogP contribution >= 0.6 is 0 Å². The van der Waals surface area contributed by atoms with Gasteiger partial charge in [-0.1, -0.05) is 82.5 Å². The molecule has 0 saturated heterocycles. The molecule has 0 aliphatic heterocycles. The summed E-state index contributed by atoms with van der Waals surface area (Å²) in [6.45, 7) is 17.2. The SMILES string of the molecule is CC(C)=CCCCC(C)C1CCC2C3CC=C4C(C)(C)C(OC(=O)/C=C/c5ccc(OCc6ccc(N)cc6N)cc5)CCC4(C)C3CCC12C. The number of esters is 1. The van der Waals surface area contributed by atoms with Gasteiger partial charge < -0.3 is 20.9 Å². The first-order chi connectivity index (χ1) is 24.2. The van der Waals surface area contributed by atoms with Gasteiger partial charge in [-0.15, -0.1) is 0 Å². The van der Waals surface area contributed by atoms with Gasteiger partial charge in [0.15, 0.2) is 0 Å². The number of rotatable bonds is 11. The van der Waals surface area contributed by atoms with E-state index in [9.17, 15) is 4.79 Å². The maximum atomic E-state index is 13.2. The summed E-state index contributed by atoms with van der Waals surface area (Å²) in [7, 11) is 0. The lowest BCUT2D eigenvalue weighted by molar-refractivity contribution is -0.153. The van der Waals surface area contributed by atoms with E-state index < -0.39 is 0 Å². The first kappa shape index (κ1) is 37.3. The highest BCUT2D eigenvalue weighted by Crippen LogP contribution is 2.69. The van der Waals surface area contributed by atoms with Crippen molar-refractivity contribution < 1.29 is 14.3 Å². The highest BCUT2D eigenvalue weighted by molar-refractivity contribution is 5.87. The second-order valence-electron chi connectivity index (χ2n) is 17.9. The molecule has 8 unspecified atom stereocenters. The lowest BCUT2D eigenvalue weighted by Gasteiger charge is -2.61. The molecular formula is C46H64N2O3. The largest absolute Gasteiger partial charge is 0.489 e. The maximum Gasteiger partial charge on any atom is 0.331 e. The molecule has 0 amide bonds. The summed E-state index contributed by atoms with van der Waals surface area (Å²) in [4.78, 5) is 13.2. The first-order valence-electron chi connectivity index (χ1n) is 19.8. The molecule has 5 heteroatoms. The van der Waals surface area contributed by atoms with Crippen LogP contribution in [0.25, 0.3) is 6.08 Å². The minimum absolute atomic E-state index is 0.126.